The Morgan fingerprint density at radius 3 is 2.53 bits per heavy atom. The molecule has 1 saturated heterocycles. The SMILES string of the molecule is CCC[C@]1(c2ccccc2)NC(=O)N(CC(=O)Nc2ccc(C)cc2[N+](=O)[O-])C1=O. The third-order valence-corrected chi connectivity index (χ3v) is 4.99. The Hall–Kier alpha value is -3.75. The minimum absolute atomic E-state index is 0.00512. The fourth-order valence-corrected chi connectivity index (χ4v) is 3.61. The maximum absolute atomic E-state index is 13.2. The van der Waals surface area contributed by atoms with Gasteiger partial charge in [0.2, 0.25) is 5.91 Å². The summed E-state index contributed by atoms with van der Waals surface area (Å²) in [5.41, 5.74) is -0.178. The van der Waals surface area contributed by atoms with Gasteiger partial charge in [-0.15, -0.1) is 0 Å². The van der Waals surface area contributed by atoms with Crippen molar-refractivity contribution in [1.82, 2.24) is 10.2 Å². The molecule has 1 fully saturated rings. The summed E-state index contributed by atoms with van der Waals surface area (Å²) in [6.07, 6.45) is 1.01. The molecule has 0 bridgehead atoms. The van der Waals surface area contributed by atoms with Crippen molar-refractivity contribution in [2.24, 2.45) is 0 Å². The first kappa shape index (κ1) is 21.0. The molecule has 0 aliphatic carbocycles. The van der Waals surface area contributed by atoms with Gasteiger partial charge in [-0.1, -0.05) is 49.7 Å². The highest BCUT2D eigenvalue weighted by Gasteiger charge is 2.52. The van der Waals surface area contributed by atoms with E-state index in [4.69, 9.17) is 0 Å². The zero-order chi connectivity index (χ0) is 21.9. The van der Waals surface area contributed by atoms with Crippen molar-refractivity contribution >= 4 is 29.2 Å². The molecule has 0 spiro atoms. The predicted molar refractivity (Wildman–Crippen MR) is 110 cm³/mol. The topological polar surface area (TPSA) is 122 Å². The van der Waals surface area contributed by atoms with Crippen molar-refractivity contribution in [2.45, 2.75) is 32.2 Å². The second-order valence-corrected chi connectivity index (χ2v) is 7.17. The Morgan fingerprint density at radius 1 is 1.20 bits per heavy atom. The maximum Gasteiger partial charge on any atom is 0.325 e. The lowest BCUT2D eigenvalue weighted by molar-refractivity contribution is -0.384. The van der Waals surface area contributed by atoms with Crippen molar-refractivity contribution in [3.05, 3.63) is 69.8 Å². The number of carbonyl (C=O) groups excluding carboxylic acids is 3. The third-order valence-electron chi connectivity index (χ3n) is 4.99. The summed E-state index contributed by atoms with van der Waals surface area (Å²) in [7, 11) is 0. The number of urea groups is 1. The molecule has 9 heteroatoms. The molecule has 156 valence electrons. The first-order chi connectivity index (χ1) is 14.3. The standard InChI is InChI=1S/C21H22N4O5/c1-3-11-21(15-7-5-4-6-8-15)19(27)24(20(28)23-21)13-18(26)22-16-10-9-14(2)12-17(16)25(29)30/h4-10,12H,3,11,13H2,1-2H3,(H,22,26)(H,23,28)/t21-/m1/s1. The number of rotatable bonds is 7. The van der Waals surface area contributed by atoms with E-state index in [1.165, 1.54) is 12.1 Å². The van der Waals surface area contributed by atoms with Gasteiger partial charge in [0.15, 0.2) is 0 Å². The lowest BCUT2D eigenvalue weighted by atomic mass is 9.85. The summed E-state index contributed by atoms with van der Waals surface area (Å²) in [5.74, 6) is -1.22. The van der Waals surface area contributed by atoms with Gasteiger partial charge < -0.3 is 10.6 Å². The van der Waals surface area contributed by atoms with E-state index in [0.717, 1.165) is 4.90 Å². The van der Waals surface area contributed by atoms with E-state index in [0.29, 0.717) is 24.0 Å². The van der Waals surface area contributed by atoms with E-state index >= 15 is 0 Å². The van der Waals surface area contributed by atoms with Crippen LogP contribution in [-0.4, -0.2) is 34.2 Å². The van der Waals surface area contributed by atoms with Crippen LogP contribution in [0.25, 0.3) is 0 Å². The summed E-state index contributed by atoms with van der Waals surface area (Å²) in [5, 5.41) is 16.4. The quantitative estimate of drug-likeness (QED) is 0.413. The van der Waals surface area contributed by atoms with Crippen LogP contribution in [0.15, 0.2) is 48.5 Å². The maximum atomic E-state index is 13.2. The normalized spacial score (nSPS) is 18.3. The molecule has 1 aliphatic heterocycles. The fraction of sp³-hybridized carbons (Fsp3) is 0.286. The highest BCUT2D eigenvalue weighted by molar-refractivity contribution is 6.10. The number of nitro groups is 1. The monoisotopic (exact) mass is 410 g/mol. The number of nitro benzene ring substituents is 1. The molecule has 9 nitrogen and oxygen atoms in total. The largest absolute Gasteiger partial charge is 0.325 e. The number of aryl methyl sites for hydroxylation is 1. The third kappa shape index (κ3) is 3.86. The summed E-state index contributed by atoms with van der Waals surface area (Å²) in [6.45, 7) is 3.05. The Morgan fingerprint density at radius 2 is 1.90 bits per heavy atom. The van der Waals surface area contributed by atoms with E-state index in [9.17, 15) is 24.5 Å². The summed E-state index contributed by atoms with van der Waals surface area (Å²) in [4.78, 5) is 49.8. The van der Waals surface area contributed by atoms with Gasteiger partial charge in [0.1, 0.15) is 17.8 Å². The molecular formula is C21H22N4O5. The fourth-order valence-electron chi connectivity index (χ4n) is 3.61. The first-order valence-electron chi connectivity index (χ1n) is 9.53. The molecule has 2 aromatic rings. The van der Waals surface area contributed by atoms with Crippen LogP contribution in [0.5, 0.6) is 0 Å². The van der Waals surface area contributed by atoms with E-state index in [1.54, 1.807) is 37.3 Å². The van der Waals surface area contributed by atoms with Crippen LogP contribution < -0.4 is 10.6 Å². The van der Waals surface area contributed by atoms with Crippen LogP contribution in [0, 0.1) is 17.0 Å². The summed E-state index contributed by atoms with van der Waals surface area (Å²) >= 11 is 0. The highest BCUT2D eigenvalue weighted by atomic mass is 16.6. The number of hydrogen-bond donors (Lipinski definition) is 2. The number of hydrogen-bond acceptors (Lipinski definition) is 5. The molecule has 4 amide bonds. The second-order valence-electron chi connectivity index (χ2n) is 7.17. The first-order valence-corrected chi connectivity index (χ1v) is 9.53. The number of amides is 4. The van der Waals surface area contributed by atoms with E-state index in [-0.39, 0.29) is 11.4 Å². The van der Waals surface area contributed by atoms with Crippen LogP contribution in [0.2, 0.25) is 0 Å². The molecule has 0 radical (unpaired) electrons. The molecular weight excluding hydrogens is 388 g/mol. The minimum atomic E-state index is -1.23. The van der Waals surface area contributed by atoms with E-state index in [1.807, 2.05) is 13.0 Å². The van der Waals surface area contributed by atoms with Crippen molar-refractivity contribution in [3.8, 4) is 0 Å². The Kier molecular flexibility index (Phi) is 5.81. The Bertz CT molecular complexity index is 1010. The number of carbonyl (C=O) groups is 3. The summed E-state index contributed by atoms with van der Waals surface area (Å²) < 4.78 is 0. The van der Waals surface area contributed by atoms with Crippen molar-refractivity contribution in [1.29, 1.82) is 0 Å². The van der Waals surface area contributed by atoms with Gasteiger partial charge in [-0.2, -0.15) is 0 Å². The van der Waals surface area contributed by atoms with Crippen LogP contribution in [0.4, 0.5) is 16.2 Å². The zero-order valence-corrected chi connectivity index (χ0v) is 16.7. The number of nitrogens with one attached hydrogen (secondary N) is 2. The molecule has 30 heavy (non-hydrogen) atoms. The van der Waals surface area contributed by atoms with Gasteiger partial charge in [0.05, 0.1) is 4.92 Å². The molecule has 2 N–H and O–H groups in total. The second kappa shape index (κ2) is 8.32. The van der Waals surface area contributed by atoms with E-state index in [2.05, 4.69) is 10.6 Å². The van der Waals surface area contributed by atoms with Crippen LogP contribution in [0.1, 0.15) is 30.9 Å². The molecule has 1 heterocycles. The molecule has 0 unspecified atom stereocenters. The van der Waals surface area contributed by atoms with Gasteiger partial charge in [0.25, 0.3) is 11.6 Å². The number of benzene rings is 2. The van der Waals surface area contributed by atoms with Crippen molar-refractivity contribution in [2.75, 3.05) is 11.9 Å². The van der Waals surface area contributed by atoms with Gasteiger partial charge in [-0.25, -0.2) is 4.79 Å². The van der Waals surface area contributed by atoms with Crippen LogP contribution in [-0.2, 0) is 15.1 Å². The molecule has 2 aromatic carbocycles. The zero-order valence-electron chi connectivity index (χ0n) is 16.7. The minimum Gasteiger partial charge on any atom is -0.319 e. The average Bonchev–Trinajstić information content (AvgIpc) is 2.95. The van der Waals surface area contributed by atoms with E-state index < -0.39 is 34.9 Å². The summed E-state index contributed by atoms with van der Waals surface area (Å²) in [6, 6.07) is 12.6. The molecule has 0 aromatic heterocycles. The van der Waals surface area contributed by atoms with Crippen molar-refractivity contribution in [3.63, 3.8) is 0 Å². The molecule has 1 atom stereocenters. The molecule has 3 rings (SSSR count). The molecule has 0 saturated carbocycles. The van der Waals surface area contributed by atoms with Gasteiger partial charge in [-0.05, 0) is 30.5 Å². The van der Waals surface area contributed by atoms with Crippen molar-refractivity contribution < 1.29 is 19.3 Å². The number of nitrogens with zero attached hydrogens (tertiary/aromatic N) is 2. The lowest BCUT2D eigenvalue weighted by Gasteiger charge is -2.26. The number of imide groups is 1. The molecule has 1 aliphatic rings. The Balaban J connectivity index is 1.82. The van der Waals surface area contributed by atoms with Crippen LogP contribution >= 0.6 is 0 Å². The predicted octanol–water partition coefficient (Wildman–Crippen LogP) is 3.09. The van der Waals surface area contributed by atoms with Gasteiger partial charge in [-0.3, -0.25) is 24.6 Å². The average molecular weight is 410 g/mol. The van der Waals surface area contributed by atoms with Gasteiger partial charge in [0, 0.05) is 6.07 Å². The lowest BCUT2D eigenvalue weighted by Crippen LogP contribution is -2.44. The smallest absolute Gasteiger partial charge is 0.319 e. The van der Waals surface area contributed by atoms with Gasteiger partial charge >= 0.3 is 6.03 Å². The highest BCUT2D eigenvalue weighted by Crippen LogP contribution is 2.33. The Labute approximate surface area is 173 Å². The van der Waals surface area contributed by atoms with Crippen LogP contribution in [0.3, 0.4) is 0 Å². The number of anilines is 1.